The fourth-order valence-corrected chi connectivity index (χ4v) is 1.48. The summed E-state index contributed by atoms with van der Waals surface area (Å²) >= 11 is 0. The molecule has 0 fully saturated rings. The second kappa shape index (κ2) is 5.66. The lowest BCUT2D eigenvalue weighted by Gasteiger charge is -2.17. The van der Waals surface area contributed by atoms with Crippen molar-refractivity contribution in [3.05, 3.63) is 29.8 Å². The van der Waals surface area contributed by atoms with E-state index in [1.807, 2.05) is 19.9 Å². The van der Waals surface area contributed by atoms with Gasteiger partial charge in [-0.25, -0.2) is 0 Å². The summed E-state index contributed by atoms with van der Waals surface area (Å²) in [6.45, 7) is 6.92. The number of para-hydroxylation sites is 1. The van der Waals surface area contributed by atoms with Crippen molar-refractivity contribution < 1.29 is 4.74 Å². The molecule has 1 unspecified atom stereocenters. The largest absolute Gasteiger partial charge is 0.360 e. The molecule has 1 aromatic carbocycles. The molecular formula is C12H19NO. The van der Waals surface area contributed by atoms with Gasteiger partial charge in [0.25, 0.3) is 0 Å². The summed E-state index contributed by atoms with van der Waals surface area (Å²) in [6.07, 6.45) is 1.12. The molecule has 0 radical (unpaired) electrons. The van der Waals surface area contributed by atoms with Crippen LogP contribution < -0.4 is 5.32 Å². The molecule has 0 aliphatic rings. The molecule has 2 nitrogen and oxygen atoms in total. The topological polar surface area (TPSA) is 21.3 Å². The molecule has 0 heterocycles. The number of nitrogens with one attached hydrogen (secondary N) is 1. The molecule has 0 saturated heterocycles. The summed E-state index contributed by atoms with van der Waals surface area (Å²) in [5.41, 5.74) is 2.51. The first-order valence-electron chi connectivity index (χ1n) is 5.24. The van der Waals surface area contributed by atoms with Gasteiger partial charge in [0.15, 0.2) is 0 Å². The number of hydrogen-bond acceptors (Lipinski definition) is 2. The van der Waals surface area contributed by atoms with E-state index in [1.54, 1.807) is 0 Å². The Balaban J connectivity index is 2.65. The molecule has 0 saturated carbocycles. The Hall–Kier alpha value is -1.02. The Labute approximate surface area is 86.3 Å². The van der Waals surface area contributed by atoms with Gasteiger partial charge in [-0.3, -0.25) is 0 Å². The van der Waals surface area contributed by atoms with Crippen LogP contribution in [0.25, 0.3) is 0 Å². The van der Waals surface area contributed by atoms with E-state index < -0.39 is 0 Å². The molecule has 0 amide bonds. The first kappa shape index (κ1) is 11.1. The minimum atomic E-state index is 0.0766. The maximum absolute atomic E-state index is 5.43. The maximum atomic E-state index is 5.43. The van der Waals surface area contributed by atoms with Crippen LogP contribution in [0.2, 0.25) is 0 Å². The second-order valence-corrected chi connectivity index (χ2v) is 3.25. The number of ether oxygens (including phenoxy) is 1. The normalized spacial score (nSPS) is 12.5. The summed E-state index contributed by atoms with van der Waals surface area (Å²) in [7, 11) is 0. The highest BCUT2D eigenvalue weighted by Crippen LogP contribution is 2.16. The Bertz CT molecular complexity index is 273. The van der Waals surface area contributed by atoms with Gasteiger partial charge in [-0.05, 0) is 31.9 Å². The lowest BCUT2D eigenvalue weighted by atomic mass is 10.1. The Morgan fingerprint density at radius 3 is 2.64 bits per heavy atom. The van der Waals surface area contributed by atoms with Gasteiger partial charge in [0.2, 0.25) is 0 Å². The minimum Gasteiger partial charge on any atom is -0.360 e. The van der Waals surface area contributed by atoms with Crippen LogP contribution in [-0.4, -0.2) is 12.8 Å². The highest BCUT2D eigenvalue weighted by Gasteiger charge is 2.03. The van der Waals surface area contributed by atoms with Crippen LogP contribution in [0.5, 0.6) is 0 Å². The lowest BCUT2D eigenvalue weighted by molar-refractivity contribution is 0.0960. The van der Waals surface area contributed by atoms with E-state index in [0.717, 1.165) is 13.0 Å². The molecule has 1 atom stereocenters. The molecule has 0 aliphatic carbocycles. The second-order valence-electron chi connectivity index (χ2n) is 3.25. The Kier molecular flexibility index (Phi) is 4.47. The number of aryl methyl sites for hydroxylation is 1. The minimum absolute atomic E-state index is 0.0766. The zero-order valence-corrected chi connectivity index (χ0v) is 9.21. The smallest absolute Gasteiger partial charge is 0.124 e. The van der Waals surface area contributed by atoms with Crippen molar-refractivity contribution in [1.82, 2.24) is 0 Å². The molecule has 0 spiro atoms. The maximum Gasteiger partial charge on any atom is 0.124 e. The quantitative estimate of drug-likeness (QED) is 0.726. The fraction of sp³-hybridized carbons (Fsp3) is 0.500. The molecule has 1 N–H and O–H groups in total. The van der Waals surface area contributed by atoms with Crippen LogP contribution in [0.4, 0.5) is 5.69 Å². The van der Waals surface area contributed by atoms with Gasteiger partial charge >= 0.3 is 0 Å². The SMILES string of the molecule is CCOC(C)Nc1ccccc1CC. The predicted octanol–water partition coefficient (Wildman–Crippen LogP) is 3.04. The van der Waals surface area contributed by atoms with Gasteiger partial charge in [-0.15, -0.1) is 0 Å². The van der Waals surface area contributed by atoms with Gasteiger partial charge in [-0.2, -0.15) is 0 Å². The van der Waals surface area contributed by atoms with Crippen LogP contribution in [0.1, 0.15) is 26.3 Å². The molecule has 0 bridgehead atoms. The first-order chi connectivity index (χ1) is 6.77. The molecular weight excluding hydrogens is 174 g/mol. The molecule has 14 heavy (non-hydrogen) atoms. The molecule has 1 rings (SSSR count). The molecule has 0 aliphatic heterocycles. The van der Waals surface area contributed by atoms with Crippen LogP contribution in [0, 0.1) is 0 Å². The van der Waals surface area contributed by atoms with Crippen molar-refractivity contribution in [2.45, 2.75) is 33.4 Å². The van der Waals surface area contributed by atoms with Crippen molar-refractivity contribution >= 4 is 5.69 Å². The average molecular weight is 193 g/mol. The van der Waals surface area contributed by atoms with Crippen molar-refractivity contribution in [1.29, 1.82) is 0 Å². The monoisotopic (exact) mass is 193 g/mol. The number of benzene rings is 1. The van der Waals surface area contributed by atoms with Gasteiger partial charge in [0.05, 0.1) is 0 Å². The third-order valence-corrected chi connectivity index (χ3v) is 2.17. The number of hydrogen-bond donors (Lipinski definition) is 1. The van der Waals surface area contributed by atoms with Crippen molar-refractivity contribution in [2.24, 2.45) is 0 Å². The standard InChI is InChI=1S/C12H19NO/c1-4-11-8-6-7-9-12(11)13-10(3)14-5-2/h6-10,13H,4-5H2,1-3H3. The highest BCUT2D eigenvalue weighted by molar-refractivity contribution is 5.51. The lowest BCUT2D eigenvalue weighted by Crippen LogP contribution is -2.19. The van der Waals surface area contributed by atoms with Crippen molar-refractivity contribution in [3.8, 4) is 0 Å². The summed E-state index contributed by atoms with van der Waals surface area (Å²) < 4.78 is 5.43. The Morgan fingerprint density at radius 1 is 1.29 bits per heavy atom. The average Bonchev–Trinajstić information content (AvgIpc) is 2.19. The predicted molar refractivity (Wildman–Crippen MR) is 60.5 cm³/mol. The molecule has 0 aromatic heterocycles. The van der Waals surface area contributed by atoms with Crippen molar-refractivity contribution in [2.75, 3.05) is 11.9 Å². The summed E-state index contributed by atoms with van der Waals surface area (Å²) in [5.74, 6) is 0. The zero-order valence-electron chi connectivity index (χ0n) is 9.21. The van der Waals surface area contributed by atoms with Gasteiger partial charge < -0.3 is 10.1 Å². The van der Waals surface area contributed by atoms with Gasteiger partial charge in [-0.1, -0.05) is 25.1 Å². The summed E-state index contributed by atoms with van der Waals surface area (Å²) in [6, 6.07) is 8.34. The Morgan fingerprint density at radius 2 is 2.00 bits per heavy atom. The van der Waals surface area contributed by atoms with E-state index in [0.29, 0.717) is 0 Å². The van der Waals surface area contributed by atoms with Crippen molar-refractivity contribution in [3.63, 3.8) is 0 Å². The van der Waals surface area contributed by atoms with Crippen LogP contribution in [0.15, 0.2) is 24.3 Å². The first-order valence-corrected chi connectivity index (χ1v) is 5.24. The van der Waals surface area contributed by atoms with E-state index in [2.05, 4.69) is 30.4 Å². The van der Waals surface area contributed by atoms with Crippen LogP contribution >= 0.6 is 0 Å². The van der Waals surface area contributed by atoms with E-state index in [-0.39, 0.29) is 6.23 Å². The van der Waals surface area contributed by atoms with Crippen LogP contribution in [-0.2, 0) is 11.2 Å². The number of rotatable bonds is 5. The molecule has 1 aromatic rings. The van der Waals surface area contributed by atoms with E-state index in [4.69, 9.17) is 4.74 Å². The summed E-state index contributed by atoms with van der Waals surface area (Å²) in [4.78, 5) is 0. The van der Waals surface area contributed by atoms with E-state index >= 15 is 0 Å². The molecule has 2 heteroatoms. The highest BCUT2D eigenvalue weighted by atomic mass is 16.5. The zero-order chi connectivity index (χ0) is 10.4. The fourth-order valence-electron chi connectivity index (χ4n) is 1.48. The molecule has 78 valence electrons. The number of anilines is 1. The van der Waals surface area contributed by atoms with Crippen LogP contribution in [0.3, 0.4) is 0 Å². The van der Waals surface area contributed by atoms with E-state index in [9.17, 15) is 0 Å². The third-order valence-electron chi connectivity index (χ3n) is 2.17. The van der Waals surface area contributed by atoms with Gasteiger partial charge in [0.1, 0.15) is 6.23 Å². The third kappa shape index (κ3) is 3.04. The van der Waals surface area contributed by atoms with Gasteiger partial charge in [0, 0.05) is 12.3 Å². The van der Waals surface area contributed by atoms with E-state index in [1.165, 1.54) is 11.3 Å². The summed E-state index contributed by atoms with van der Waals surface area (Å²) in [5, 5.41) is 3.34.